The van der Waals surface area contributed by atoms with Crippen molar-refractivity contribution >= 4 is 37.3 Å². The molecule has 1 aliphatic rings. The van der Waals surface area contributed by atoms with E-state index in [0.29, 0.717) is 16.6 Å². The van der Waals surface area contributed by atoms with E-state index in [-0.39, 0.29) is 35.6 Å². The average molecular weight is 355 g/mol. The predicted octanol–water partition coefficient (Wildman–Crippen LogP) is 0.378. The van der Waals surface area contributed by atoms with Gasteiger partial charge in [-0.05, 0) is 25.8 Å². The Morgan fingerprint density at radius 2 is 2.22 bits per heavy atom. The van der Waals surface area contributed by atoms with E-state index in [1.165, 1.54) is 22.2 Å². The molecule has 0 aliphatic carbocycles. The number of carbonyl (C=O) groups excluding carboxylic acids is 1. The van der Waals surface area contributed by atoms with Crippen molar-refractivity contribution in [3.05, 3.63) is 27.1 Å². The summed E-state index contributed by atoms with van der Waals surface area (Å²) in [6.07, 6.45) is 1.79. The topological polar surface area (TPSA) is 98.1 Å². The monoisotopic (exact) mass is 355 g/mol. The molecular weight excluding hydrogens is 338 g/mol. The van der Waals surface area contributed by atoms with Crippen LogP contribution in [0.1, 0.15) is 16.9 Å². The fraction of sp³-hybridized carbons (Fsp3) is 0.500. The first-order chi connectivity index (χ1) is 10.8. The Labute approximate surface area is 137 Å². The molecule has 9 heteroatoms. The number of aryl methyl sites for hydroxylation is 2. The fourth-order valence-electron chi connectivity index (χ4n) is 2.72. The summed E-state index contributed by atoms with van der Waals surface area (Å²) in [6, 6.07) is -0.370. The molecule has 2 aromatic heterocycles. The van der Waals surface area contributed by atoms with Crippen molar-refractivity contribution in [1.29, 1.82) is 0 Å². The van der Waals surface area contributed by atoms with Gasteiger partial charge < -0.3 is 5.32 Å². The lowest BCUT2D eigenvalue weighted by molar-refractivity contribution is -0.122. The van der Waals surface area contributed by atoms with Gasteiger partial charge in [0.2, 0.25) is 5.91 Å². The van der Waals surface area contributed by atoms with Crippen LogP contribution in [0.4, 0.5) is 0 Å². The van der Waals surface area contributed by atoms with Crippen LogP contribution < -0.4 is 10.9 Å². The average Bonchev–Trinajstić information content (AvgIpc) is 2.94. The molecule has 2 aromatic rings. The zero-order valence-corrected chi connectivity index (χ0v) is 14.5. The van der Waals surface area contributed by atoms with Gasteiger partial charge in [0.15, 0.2) is 9.84 Å². The van der Waals surface area contributed by atoms with E-state index in [1.807, 2.05) is 13.8 Å². The number of fused-ring (bicyclic) bond motifs is 1. The van der Waals surface area contributed by atoms with Crippen molar-refractivity contribution in [2.24, 2.45) is 0 Å². The first-order valence-electron chi connectivity index (χ1n) is 7.22. The highest BCUT2D eigenvalue weighted by atomic mass is 32.2. The van der Waals surface area contributed by atoms with Gasteiger partial charge in [-0.15, -0.1) is 11.3 Å². The molecule has 0 spiro atoms. The van der Waals surface area contributed by atoms with E-state index in [9.17, 15) is 18.0 Å². The molecule has 3 rings (SSSR count). The Bertz CT molecular complexity index is 943. The number of amides is 1. The molecule has 0 bridgehead atoms. The van der Waals surface area contributed by atoms with Crippen LogP contribution in [0, 0.1) is 13.8 Å². The van der Waals surface area contributed by atoms with E-state index >= 15 is 0 Å². The highest BCUT2D eigenvalue weighted by molar-refractivity contribution is 7.91. The third-order valence-electron chi connectivity index (χ3n) is 4.07. The van der Waals surface area contributed by atoms with Gasteiger partial charge in [0.25, 0.3) is 5.56 Å². The third-order valence-corrected chi connectivity index (χ3v) is 6.95. The number of rotatable bonds is 3. The second kappa shape index (κ2) is 5.72. The van der Waals surface area contributed by atoms with Crippen LogP contribution >= 0.6 is 11.3 Å². The molecule has 0 saturated carbocycles. The lowest BCUT2D eigenvalue weighted by Crippen LogP contribution is -2.39. The normalized spacial score (nSPS) is 20.0. The second-order valence-corrected chi connectivity index (χ2v) is 9.24. The van der Waals surface area contributed by atoms with Gasteiger partial charge in [-0.1, -0.05) is 0 Å². The Morgan fingerprint density at radius 1 is 1.48 bits per heavy atom. The van der Waals surface area contributed by atoms with E-state index < -0.39 is 9.84 Å². The Hall–Kier alpha value is -1.74. The predicted molar refractivity (Wildman–Crippen MR) is 88.6 cm³/mol. The lowest BCUT2D eigenvalue weighted by Gasteiger charge is -2.11. The number of aromatic nitrogens is 2. The van der Waals surface area contributed by atoms with Gasteiger partial charge in [0.05, 0.1) is 23.2 Å². The highest BCUT2D eigenvalue weighted by Crippen LogP contribution is 2.25. The molecule has 1 fully saturated rings. The minimum atomic E-state index is -3.05. The van der Waals surface area contributed by atoms with Crippen LogP contribution in [-0.2, 0) is 21.2 Å². The minimum Gasteiger partial charge on any atom is -0.351 e. The van der Waals surface area contributed by atoms with E-state index in [1.54, 1.807) is 0 Å². The summed E-state index contributed by atoms with van der Waals surface area (Å²) < 4.78 is 24.1. The molecule has 0 aromatic carbocycles. The number of hydrogen-bond acceptors (Lipinski definition) is 6. The minimum absolute atomic E-state index is 0.0340. The zero-order valence-electron chi connectivity index (χ0n) is 12.8. The van der Waals surface area contributed by atoms with Crippen molar-refractivity contribution in [2.75, 3.05) is 11.5 Å². The number of sulfone groups is 1. The number of thiophene rings is 1. The molecule has 7 nitrogen and oxygen atoms in total. The smallest absolute Gasteiger partial charge is 0.262 e. The zero-order chi connectivity index (χ0) is 16.8. The van der Waals surface area contributed by atoms with Crippen LogP contribution in [0.2, 0.25) is 0 Å². The molecule has 1 amide bonds. The van der Waals surface area contributed by atoms with Crippen LogP contribution in [-0.4, -0.2) is 41.4 Å². The number of nitrogens with zero attached hydrogens (tertiary/aromatic N) is 2. The Balaban J connectivity index is 1.79. The summed E-state index contributed by atoms with van der Waals surface area (Å²) in [7, 11) is -3.05. The van der Waals surface area contributed by atoms with Gasteiger partial charge in [-0.3, -0.25) is 14.2 Å². The van der Waals surface area contributed by atoms with Crippen molar-refractivity contribution in [3.8, 4) is 0 Å². The van der Waals surface area contributed by atoms with Crippen LogP contribution in [0.25, 0.3) is 10.2 Å². The Morgan fingerprint density at radius 3 is 2.87 bits per heavy atom. The second-order valence-electron chi connectivity index (χ2n) is 5.81. The summed E-state index contributed by atoms with van der Waals surface area (Å²) in [5.41, 5.74) is 0.644. The molecular formula is C14H17N3O4S2. The summed E-state index contributed by atoms with van der Waals surface area (Å²) in [6.45, 7) is 3.64. The third kappa shape index (κ3) is 3.16. The lowest BCUT2D eigenvalue weighted by atomic mass is 10.2. The van der Waals surface area contributed by atoms with Crippen molar-refractivity contribution in [1.82, 2.24) is 14.9 Å². The van der Waals surface area contributed by atoms with Crippen LogP contribution in [0.3, 0.4) is 0 Å². The van der Waals surface area contributed by atoms with Crippen molar-refractivity contribution in [3.63, 3.8) is 0 Å². The summed E-state index contributed by atoms with van der Waals surface area (Å²) in [4.78, 5) is 30.5. The van der Waals surface area contributed by atoms with Crippen molar-refractivity contribution < 1.29 is 13.2 Å². The SMILES string of the molecule is Cc1sc2ncn(CC(=O)N[C@H]3CCS(=O)(=O)C3)c(=O)c2c1C. The van der Waals surface area contributed by atoms with Gasteiger partial charge in [0, 0.05) is 10.9 Å². The van der Waals surface area contributed by atoms with Crippen LogP contribution in [0.15, 0.2) is 11.1 Å². The Kier molecular flexibility index (Phi) is 4.01. The maximum Gasteiger partial charge on any atom is 0.262 e. The fourth-order valence-corrected chi connectivity index (χ4v) is 5.38. The molecule has 0 unspecified atom stereocenters. The largest absolute Gasteiger partial charge is 0.351 e. The highest BCUT2D eigenvalue weighted by Gasteiger charge is 2.29. The van der Waals surface area contributed by atoms with Gasteiger partial charge >= 0.3 is 0 Å². The number of hydrogen-bond donors (Lipinski definition) is 1. The molecule has 1 aliphatic heterocycles. The van der Waals surface area contributed by atoms with Gasteiger partial charge in [-0.25, -0.2) is 13.4 Å². The number of carbonyl (C=O) groups is 1. The van der Waals surface area contributed by atoms with E-state index in [4.69, 9.17) is 0 Å². The van der Waals surface area contributed by atoms with E-state index in [2.05, 4.69) is 10.3 Å². The molecule has 1 N–H and O–H groups in total. The van der Waals surface area contributed by atoms with Crippen molar-refractivity contribution in [2.45, 2.75) is 32.9 Å². The molecule has 0 radical (unpaired) electrons. The summed E-state index contributed by atoms with van der Waals surface area (Å²) in [5, 5.41) is 3.22. The number of nitrogens with one attached hydrogen (secondary N) is 1. The quantitative estimate of drug-likeness (QED) is 0.858. The van der Waals surface area contributed by atoms with Gasteiger partial charge in [-0.2, -0.15) is 0 Å². The molecule has 1 saturated heterocycles. The first-order valence-corrected chi connectivity index (χ1v) is 9.85. The molecule has 124 valence electrons. The summed E-state index contributed by atoms with van der Waals surface area (Å²) in [5.74, 6) is -0.313. The standard InChI is InChI=1S/C14H17N3O4S2/c1-8-9(2)22-13-12(8)14(19)17(7-15-13)5-11(18)16-10-3-4-23(20,21)6-10/h7,10H,3-6H2,1-2H3,(H,16,18)/t10-/m0/s1. The first kappa shape index (κ1) is 16.1. The van der Waals surface area contributed by atoms with E-state index in [0.717, 1.165) is 10.4 Å². The summed E-state index contributed by atoms with van der Waals surface area (Å²) >= 11 is 1.45. The molecule has 1 atom stereocenters. The maximum atomic E-state index is 12.5. The van der Waals surface area contributed by atoms with Crippen LogP contribution in [0.5, 0.6) is 0 Å². The maximum absolute atomic E-state index is 12.5. The molecule has 23 heavy (non-hydrogen) atoms. The van der Waals surface area contributed by atoms with Gasteiger partial charge in [0.1, 0.15) is 11.4 Å². The molecule has 3 heterocycles.